The van der Waals surface area contributed by atoms with Gasteiger partial charge in [-0.15, -0.1) is 0 Å². The Kier molecular flexibility index (Phi) is 2.90. The average Bonchev–Trinajstić information content (AvgIpc) is 2.78. The van der Waals surface area contributed by atoms with Crippen LogP contribution in [0, 0.1) is 5.92 Å². The van der Waals surface area contributed by atoms with E-state index in [4.69, 9.17) is 0 Å². The lowest BCUT2D eigenvalue weighted by atomic mass is 9.83. The van der Waals surface area contributed by atoms with Crippen molar-refractivity contribution in [3.63, 3.8) is 0 Å². The second-order valence-corrected chi connectivity index (χ2v) is 5.30. The standard InChI is InChI=1S/C15H17NO2/c17-14-9-12-8-11(6-7-13(12)16-14)15(18)10-4-2-1-3-5-10/h6-8,10H,1-5,9H2,(H,16,17). The van der Waals surface area contributed by atoms with Crippen molar-refractivity contribution in [2.45, 2.75) is 38.5 Å². The van der Waals surface area contributed by atoms with Gasteiger partial charge in [0.05, 0.1) is 6.42 Å². The molecule has 1 amide bonds. The summed E-state index contributed by atoms with van der Waals surface area (Å²) in [5.74, 6) is 0.478. The van der Waals surface area contributed by atoms with Crippen LogP contribution in [0.1, 0.15) is 48.0 Å². The Hall–Kier alpha value is -1.64. The van der Waals surface area contributed by atoms with Gasteiger partial charge in [-0.2, -0.15) is 0 Å². The molecule has 1 aromatic carbocycles. The molecule has 1 fully saturated rings. The van der Waals surface area contributed by atoms with Gasteiger partial charge in [-0.25, -0.2) is 0 Å². The number of amides is 1. The van der Waals surface area contributed by atoms with E-state index in [1.54, 1.807) is 0 Å². The maximum Gasteiger partial charge on any atom is 0.228 e. The third-order valence-corrected chi connectivity index (χ3v) is 3.99. The number of ketones is 1. The van der Waals surface area contributed by atoms with Crippen molar-refractivity contribution < 1.29 is 9.59 Å². The van der Waals surface area contributed by atoms with Gasteiger partial charge in [0, 0.05) is 17.2 Å². The zero-order valence-corrected chi connectivity index (χ0v) is 10.4. The number of hydrogen-bond donors (Lipinski definition) is 1. The maximum absolute atomic E-state index is 12.4. The van der Waals surface area contributed by atoms with Crippen LogP contribution in [0.25, 0.3) is 0 Å². The van der Waals surface area contributed by atoms with Crippen LogP contribution in [-0.2, 0) is 11.2 Å². The average molecular weight is 243 g/mol. The molecule has 0 spiro atoms. The van der Waals surface area contributed by atoms with Crippen molar-refractivity contribution in [1.29, 1.82) is 0 Å². The van der Waals surface area contributed by atoms with Gasteiger partial charge in [-0.1, -0.05) is 19.3 Å². The Morgan fingerprint density at radius 3 is 2.72 bits per heavy atom. The van der Waals surface area contributed by atoms with E-state index in [1.807, 2.05) is 18.2 Å². The van der Waals surface area contributed by atoms with E-state index in [9.17, 15) is 9.59 Å². The van der Waals surface area contributed by atoms with Crippen molar-refractivity contribution in [2.24, 2.45) is 5.92 Å². The van der Waals surface area contributed by atoms with Gasteiger partial charge in [-0.3, -0.25) is 9.59 Å². The number of hydrogen-bond acceptors (Lipinski definition) is 2. The van der Waals surface area contributed by atoms with Gasteiger partial charge in [0.25, 0.3) is 0 Å². The molecule has 18 heavy (non-hydrogen) atoms. The molecule has 0 radical (unpaired) electrons. The zero-order chi connectivity index (χ0) is 12.5. The van der Waals surface area contributed by atoms with Gasteiger partial charge >= 0.3 is 0 Å². The summed E-state index contributed by atoms with van der Waals surface area (Å²) >= 11 is 0. The molecule has 0 saturated heterocycles. The Balaban J connectivity index is 1.82. The molecule has 0 bridgehead atoms. The monoisotopic (exact) mass is 243 g/mol. The van der Waals surface area contributed by atoms with Crippen molar-refractivity contribution in [1.82, 2.24) is 0 Å². The van der Waals surface area contributed by atoms with Crippen LogP contribution in [0.15, 0.2) is 18.2 Å². The fourth-order valence-corrected chi connectivity index (χ4v) is 2.98. The number of carbonyl (C=O) groups excluding carboxylic acids is 2. The van der Waals surface area contributed by atoms with E-state index >= 15 is 0 Å². The highest BCUT2D eigenvalue weighted by atomic mass is 16.1. The van der Waals surface area contributed by atoms with Crippen LogP contribution in [0.4, 0.5) is 5.69 Å². The number of benzene rings is 1. The van der Waals surface area contributed by atoms with Crippen LogP contribution in [0.2, 0.25) is 0 Å². The van der Waals surface area contributed by atoms with Crippen LogP contribution in [-0.4, -0.2) is 11.7 Å². The molecule has 0 unspecified atom stereocenters. The molecule has 2 aliphatic rings. The summed E-state index contributed by atoms with van der Waals surface area (Å²) in [6.45, 7) is 0. The number of fused-ring (bicyclic) bond motifs is 1. The Bertz CT molecular complexity index is 501. The number of rotatable bonds is 2. The summed E-state index contributed by atoms with van der Waals surface area (Å²) in [5, 5.41) is 2.79. The highest BCUT2D eigenvalue weighted by Gasteiger charge is 2.24. The fourth-order valence-electron chi connectivity index (χ4n) is 2.98. The highest BCUT2D eigenvalue weighted by molar-refractivity contribution is 6.02. The van der Waals surface area contributed by atoms with Gasteiger partial charge < -0.3 is 5.32 Å². The fraction of sp³-hybridized carbons (Fsp3) is 0.467. The Morgan fingerprint density at radius 2 is 1.94 bits per heavy atom. The number of Topliss-reactive ketones (excluding diaryl/α,β-unsaturated/α-hetero) is 1. The van der Waals surface area contributed by atoms with Gasteiger partial charge in [0.2, 0.25) is 5.91 Å². The summed E-state index contributed by atoms with van der Waals surface area (Å²) in [4.78, 5) is 23.7. The van der Waals surface area contributed by atoms with E-state index in [1.165, 1.54) is 19.3 Å². The number of nitrogens with one attached hydrogen (secondary N) is 1. The predicted octanol–water partition coefficient (Wildman–Crippen LogP) is 2.94. The number of anilines is 1. The summed E-state index contributed by atoms with van der Waals surface area (Å²) in [7, 11) is 0. The SMILES string of the molecule is O=C1Cc2cc(C(=O)C3CCCCC3)ccc2N1. The third kappa shape index (κ3) is 2.05. The molecule has 1 aliphatic carbocycles. The molecule has 94 valence electrons. The predicted molar refractivity (Wildman–Crippen MR) is 69.7 cm³/mol. The quantitative estimate of drug-likeness (QED) is 0.812. The Labute approximate surface area is 107 Å². The molecule has 1 aliphatic heterocycles. The second-order valence-electron chi connectivity index (χ2n) is 5.30. The minimum absolute atomic E-state index is 0.0206. The molecule has 1 heterocycles. The van der Waals surface area contributed by atoms with Gasteiger partial charge in [-0.05, 0) is 36.6 Å². The zero-order valence-electron chi connectivity index (χ0n) is 10.4. The maximum atomic E-state index is 12.4. The first kappa shape index (κ1) is 11.5. The highest BCUT2D eigenvalue weighted by Crippen LogP contribution is 2.29. The summed E-state index contributed by atoms with van der Waals surface area (Å²) in [5.41, 5.74) is 2.60. The van der Waals surface area contributed by atoms with Gasteiger partial charge in [0.15, 0.2) is 5.78 Å². The Morgan fingerprint density at radius 1 is 1.17 bits per heavy atom. The topological polar surface area (TPSA) is 46.2 Å². The molecular formula is C15H17NO2. The van der Waals surface area contributed by atoms with E-state index in [2.05, 4.69) is 5.32 Å². The minimum atomic E-state index is 0.0206. The smallest absolute Gasteiger partial charge is 0.228 e. The largest absolute Gasteiger partial charge is 0.326 e. The van der Waals surface area contributed by atoms with E-state index in [0.29, 0.717) is 6.42 Å². The molecule has 1 aromatic rings. The minimum Gasteiger partial charge on any atom is -0.326 e. The lowest BCUT2D eigenvalue weighted by Crippen LogP contribution is -2.17. The molecular weight excluding hydrogens is 226 g/mol. The van der Waals surface area contributed by atoms with Crippen molar-refractivity contribution in [3.8, 4) is 0 Å². The van der Waals surface area contributed by atoms with E-state index in [0.717, 1.165) is 29.7 Å². The van der Waals surface area contributed by atoms with E-state index < -0.39 is 0 Å². The first-order chi connectivity index (χ1) is 8.74. The molecule has 3 nitrogen and oxygen atoms in total. The summed E-state index contributed by atoms with van der Waals surface area (Å²) in [6, 6.07) is 5.60. The van der Waals surface area contributed by atoms with Crippen molar-refractivity contribution in [2.75, 3.05) is 5.32 Å². The lowest BCUT2D eigenvalue weighted by Gasteiger charge is -2.20. The first-order valence-corrected chi connectivity index (χ1v) is 6.71. The van der Waals surface area contributed by atoms with Crippen LogP contribution >= 0.6 is 0 Å². The molecule has 3 rings (SSSR count). The number of carbonyl (C=O) groups is 2. The third-order valence-electron chi connectivity index (χ3n) is 3.99. The van der Waals surface area contributed by atoms with Crippen LogP contribution in [0.5, 0.6) is 0 Å². The van der Waals surface area contributed by atoms with E-state index in [-0.39, 0.29) is 17.6 Å². The molecule has 0 atom stereocenters. The van der Waals surface area contributed by atoms with Crippen LogP contribution in [0.3, 0.4) is 0 Å². The molecule has 0 aromatic heterocycles. The molecule has 1 saturated carbocycles. The van der Waals surface area contributed by atoms with Crippen molar-refractivity contribution in [3.05, 3.63) is 29.3 Å². The molecule has 3 heteroatoms. The summed E-state index contributed by atoms with van der Waals surface area (Å²) in [6.07, 6.45) is 6.04. The second kappa shape index (κ2) is 4.56. The first-order valence-electron chi connectivity index (χ1n) is 6.71. The van der Waals surface area contributed by atoms with Crippen LogP contribution < -0.4 is 5.32 Å². The van der Waals surface area contributed by atoms with Gasteiger partial charge in [0.1, 0.15) is 0 Å². The normalized spacial score (nSPS) is 19.4. The summed E-state index contributed by atoms with van der Waals surface area (Å²) < 4.78 is 0. The molecule has 1 N–H and O–H groups in total. The van der Waals surface area contributed by atoms with Crippen molar-refractivity contribution >= 4 is 17.4 Å². The lowest BCUT2D eigenvalue weighted by molar-refractivity contribution is -0.115.